The number of nitrogens with one attached hydrogen (secondary N) is 2. The number of benzene rings is 1. The van der Waals surface area contributed by atoms with Crippen LogP contribution in [0.25, 0.3) is 0 Å². The fourth-order valence-corrected chi connectivity index (χ4v) is 2.04. The number of rotatable bonds is 8. The van der Waals surface area contributed by atoms with E-state index in [4.69, 9.17) is 9.15 Å². The Morgan fingerprint density at radius 1 is 1.08 bits per heavy atom. The van der Waals surface area contributed by atoms with Gasteiger partial charge in [0, 0.05) is 6.54 Å². The Morgan fingerprint density at radius 3 is 2.50 bits per heavy atom. The standard InChI is InChI=1S/C18H22N2O4/c1-13(2)24-12-15-7-4-3-6-14(15)10-19-17(21)11-20-18(22)16-8-5-9-23-16/h3-9,13H,10-12H2,1-2H3,(H,19,21)(H,20,22). The number of carbonyl (C=O) groups is 2. The lowest BCUT2D eigenvalue weighted by Gasteiger charge is -2.13. The van der Waals surface area contributed by atoms with Crippen LogP contribution in [0, 0.1) is 0 Å². The van der Waals surface area contributed by atoms with Crippen LogP contribution >= 0.6 is 0 Å². The molecule has 0 aliphatic heterocycles. The van der Waals surface area contributed by atoms with Crippen molar-refractivity contribution in [3.63, 3.8) is 0 Å². The fraction of sp³-hybridized carbons (Fsp3) is 0.333. The molecule has 6 heteroatoms. The third-order valence-corrected chi connectivity index (χ3v) is 3.32. The van der Waals surface area contributed by atoms with Gasteiger partial charge in [-0.1, -0.05) is 24.3 Å². The predicted octanol–water partition coefficient (Wildman–Crippen LogP) is 2.25. The van der Waals surface area contributed by atoms with Crippen molar-refractivity contribution in [1.29, 1.82) is 0 Å². The second-order valence-electron chi connectivity index (χ2n) is 5.57. The molecule has 2 amide bonds. The summed E-state index contributed by atoms with van der Waals surface area (Å²) in [5.41, 5.74) is 2.02. The molecule has 0 fully saturated rings. The van der Waals surface area contributed by atoms with Crippen LogP contribution in [0.3, 0.4) is 0 Å². The maximum atomic E-state index is 11.9. The summed E-state index contributed by atoms with van der Waals surface area (Å²) in [4.78, 5) is 23.6. The lowest BCUT2D eigenvalue weighted by Crippen LogP contribution is -2.36. The third-order valence-electron chi connectivity index (χ3n) is 3.32. The number of carbonyl (C=O) groups excluding carboxylic acids is 2. The van der Waals surface area contributed by atoms with Crippen LogP contribution < -0.4 is 10.6 Å². The van der Waals surface area contributed by atoms with Gasteiger partial charge >= 0.3 is 0 Å². The summed E-state index contributed by atoms with van der Waals surface area (Å²) in [6.07, 6.45) is 1.55. The highest BCUT2D eigenvalue weighted by Crippen LogP contribution is 2.11. The van der Waals surface area contributed by atoms with E-state index in [9.17, 15) is 9.59 Å². The van der Waals surface area contributed by atoms with Crippen molar-refractivity contribution in [1.82, 2.24) is 10.6 Å². The lowest BCUT2D eigenvalue weighted by atomic mass is 10.1. The minimum absolute atomic E-state index is 0.107. The molecule has 2 N–H and O–H groups in total. The van der Waals surface area contributed by atoms with Crippen molar-refractivity contribution in [3.8, 4) is 0 Å². The summed E-state index contributed by atoms with van der Waals surface area (Å²) in [6, 6.07) is 10.9. The summed E-state index contributed by atoms with van der Waals surface area (Å²) in [5.74, 6) is -0.505. The Kier molecular flexibility index (Phi) is 6.57. The van der Waals surface area contributed by atoms with Gasteiger partial charge in [-0.2, -0.15) is 0 Å². The van der Waals surface area contributed by atoms with Crippen LogP contribution in [0.15, 0.2) is 47.1 Å². The number of hydrogen-bond donors (Lipinski definition) is 2. The molecule has 0 bridgehead atoms. The van der Waals surface area contributed by atoms with E-state index in [1.54, 1.807) is 6.07 Å². The molecule has 0 atom stereocenters. The van der Waals surface area contributed by atoms with E-state index in [0.29, 0.717) is 13.2 Å². The molecule has 1 aromatic heterocycles. The minimum Gasteiger partial charge on any atom is -0.459 e. The Bertz CT molecular complexity index is 665. The van der Waals surface area contributed by atoms with Crippen LogP contribution in [-0.2, 0) is 22.7 Å². The highest BCUT2D eigenvalue weighted by atomic mass is 16.5. The van der Waals surface area contributed by atoms with Gasteiger partial charge in [0.05, 0.1) is 25.5 Å². The number of amides is 2. The van der Waals surface area contributed by atoms with Crippen LogP contribution in [0.1, 0.15) is 35.5 Å². The summed E-state index contributed by atoms with van der Waals surface area (Å²) in [7, 11) is 0. The monoisotopic (exact) mass is 330 g/mol. The van der Waals surface area contributed by atoms with Gasteiger partial charge in [-0.05, 0) is 37.1 Å². The van der Waals surface area contributed by atoms with E-state index >= 15 is 0 Å². The third kappa shape index (κ3) is 5.55. The summed E-state index contributed by atoms with van der Waals surface area (Å²) >= 11 is 0. The van der Waals surface area contributed by atoms with Gasteiger partial charge in [0.25, 0.3) is 5.91 Å². The van der Waals surface area contributed by atoms with Crippen molar-refractivity contribution in [2.24, 2.45) is 0 Å². The zero-order valence-electron chi connectivity index (χ0n) is 13.9. The first-order valence-electron chi connectivity index (χ1n) is 7.83. The van der Waals surface area contributed by atoms with Crippen LogP contribution in [0.2, 0.25) is 0 Å². The molecular weight excluding hydrogens is 308 g/mol. The van der Waals surface area contributed by atoms with Crippen molar-refractivity contribution in [2.75, 3.05) is 6.54 Å². The smallest absolute Gasteiger partial charge is 0.287 e. The molecule has 0 saturated heterocycles. The Balaban J connectivity index is 1.80. The number of furan rings is 1. The zero-order chi connectivity index (χ0) is 17.4. The molecule has 2 aromatic rings. The summed E-state index contributed by atoms with van der Waals surface area (Å²) in [6.45, 7) is 4.73. The molecule has 2 rings (SSSR count). The van der Waals surface area contributed by atoms with E-state index in [2.05, 4.69) is 10.6 Å². The number of hydrogen-bond acceptors (Lipinski definition) is 4. The highest BCUT2D eigenvalue weighted by Gasteiger charge is 2.10. The van der Waals surface area contributed by atoms with Crippen LogP contribution in [-0.4, -0.2) is 24.5 Å². The topological polar surface area (TPSA) is 80.6 Å². The van der Waals surface area contributed by atoms with Crippen LogP contribution in [0.5, 0.6) is 0 Å². The molecule has 0 aliphatic carbocycles. The van der Waals surface area contributed by atoms with Crippen molar-refractivity contribution >= 4 is 11.8 Å². The lowest BCUT2D eigenvalue weighted by molar-refractivity contribution is -0.120. The first kappa shape index (κ1) is 17.7. The van der Waals surface area contributed by atoms with Gasteiger partial charge in [-0.3, -0.25) is 9.59 Å². The highest BCUT2D eigenvalue weighted by molar-refractivity contribution is 5.94. The molecule has 1 heterocycles. The average molecular weight is 330 g/mol. The summed E-state index contributed by atoms with van der Waals surface area (Å²) < 4.78 is 10.6. The van der Waals surface area contributed by atoms with Crippen molar-refractivity contribution in [2.45, 2.75) is 33.1 Å². The fourth-order valence-electron chi connectivity index (χ4n) is 2.04. The quantitative estimate of drug-likeness (QED) is 0.778. The van der Waals surface area contributed by atoms with Gasteiger partial charge in [-0.25, -0.2) is 0 Å². The second kappa shape index (κ2) is 8.88. The Labute approximate surface area is 141 Å². The van der Waals surface area contributed by atoms with Gasteiger partial charge < -0.3 is 19.8 Å². The largest absolute Gasteiger partial charge is 0.459 e. The van der Waals surface area contributed by atoms with E-state index in [0.717, 1.165) is 11.1 Å². The molecule has 24 heavy (non-hydrogen) atoms. The second-order valence-corrected chi connectivity index (χ2v) is 5.57. The molecule has 0 saturated carbocycles. The van der Waals surface area contributed by atoms with Gasteiger partial charge in [-0.15, -0.1) is 0 Å². The normalized spacial score (nSPS) is 10.6. The van der Waals surface area contributed by atoms with E-state index in [1.807, 2.05) is 38.1 Å². The van der Waals surface area contributed by atoms with Crippen molar-refractivity contribution < 1.29 is 18.7 Å². The SMILES string of the molecule is CC(C)OCc1ccccc1CNC(=O)CNC(=O)c1ccco1. The first-order chi connectivity index (χ1) is 11.6. The van der Waals surface area contributed by atoms with E-state index in [1.165, 1.54) is 12.3 Å². The maximum Gasteiger partial charge on any atom is 0.287 e. The molecule has 0 aliphatic rings. The molecule has 0 unspecified atom stereocenters. The Morgan fingerprint density at radius 2 is 1.83 bits per heavy atom. The predicted molar refractivity (Wildman–Crippen MR) is 89.3 cm³/mol. The zero-order valence-corrected chi connectivity index (χ0v) is 13.9. The molecule has 128 valence electrons. The molecular formula is C18H22N2O4. The molecule has 0 spiro atoms. The van der Waals surface area contributed by atoms with Gasteiger partial charge in [0.1, 0.15) is 0 Å². The van der Waals surface area contributed by atoms with Gasteiger partial charge in [0.15, 0.2) is 5.76 Å². The molecule has 1 aromatic carbocycles. The molecule has 6 nitrogen and oxygen atoms in total. The van der Waals surface area contributed by atoms with Gasteiger partial charge in [0.2, 0.25) is 5.91 Å². The summed E-state index contributed by atoms with van der Waals surface area (Å²) in [5, 5.41) is 5.29. The van der Waals surface area contributed by atoms with E-state index in [-0.39, 0.29) is 24.3 Å². The molecule has 0 radical (unpaired) electrons. The van der Waals surface area contributed by atoms with E-state index < -0.39 is 5.91 Å². The first-order valence-corrected chi connectivity index (χ1v) is 7.83. The Hall–Kier alpha value is -2.60. The maximum absolute atomic E-state index is 11.9. The van der Waals surface area contributed by atoms with Crippen LogP contribution in [0.4, 0.5) is 0 Å². The number of ether oxygens (including phenoxy) is 1. The van der Waals surface area contributed by atoms with Crippen molar-refractivity contribution in [3.05, 3.63) is 59.5 Å². The minimum atomic E-state index is -0.416. The average Bonchev–Trinajstić information content (AvgIpc) is 3.11.